The van der Waals surface area contributed by atoms with Crippen LogP contribution in [-0.4, -0.2) is 96.5 Å². The maximum Gasteiger partial charge on any atom is 0.338 e. The Hall–Kier alpha value is -3.83. The third kappa shape index (κ3) is 5.05. The minimum Gasteiger partial charge on any atom is -0.497 e. The van der Waals surface area contributed by atoms with Gasteiger partial charge in [0.05, 0.1) is 52.7 Å². The van der Waals surface area contributed by atoms with Gasteiger partial charge in [0.25, 0.3) is 0 Å². The van der Waals surface area contributed by atoms with E-state index in [2.05, 4.69) is 11.0 Å². The fourth-order valence-electron chi connectivity index (χ4n) is 7.90. The van der Waals surface area contributed by atoms with E-state index in [0.717, 1.165) is 43.1 Å². The maximum absolute atomic E-state index is 13.5. The molecule has 44 heavy (non-hydrogen) atoms. The van der Waals surface area contributed by atoms with E-state index in [1.807, 2.05) is 12.1 Å². The van der Waals surface area contributed by atoms with Crippen LogP contribution in [0.4, 0.5) is 5.69 Å². The molecule has 4 aliphatic rings. The summed E-state index contributed by atoms with van der Waals surface area (Å²) < 4.78 is 39.1. The van der Waals surface area contributed by atoms with E-state index in [0.29, 0.717) is 23.7 Å². The first-order valence-electron chi connectivity index (χ1n) is 15.0. The van der Waals surface area contributed by atoms with Crippen LogP contribution < -0.4 is 18.9 Å². The van der Waals surface area contributed by atoms with E-state index in [4.69, 9.17) is 38.2 Å². The Kier molecular flexibility index (Phi) is 8.43. The molecule has 2 saturated heterocycles. The Morgan fingerprint density at radius 2 is 1.66 bits per heavy atom. The second-order valence-electron chi connectivity index (χ2n) is 11.8. The molecular weight excluding hydrogens is 568 g/mol. The average molecular weight is 609 g/mol. The number of fused-ring (bicyclic) bond motifs is 6. The highest BCUT2D eigenvalue weighted by Crippen LogP contribution is 2.50. The molecule has 2 aromatic carbocycles. The standard InChI is InChI=1S/C33H40N2O9/c1-38-19-7-8-20-21-9-10-35-16-18-13-27(44-32(36)17-11-25(39-2)30(41-4)26(12-17)40-3)31(42-5)28(33(37)43-6)22(18)15-24(35)29(21)34-23(20)14-19/h7-8,11-12,14,18,21-22,24,27-28,31H,9-10,13,15-16H2,1-6H3/t18-,21?,22+,24-,27-,28+,31+/m1/s1. The molecule has 0 bridgehead atoms. The second-order valence-corrected chi connectivity index (χ2v) is 11.8. The summed E-state index contributed by atoms with van der Waals surface area (Å²) in [6, 6.07) is 9.35. The number of aliphatic imine (C=N–C) groups is 1. The Morgan fingerprint density at radius 1 is 0.909 bits per heavy atom. The van der Waals surface area contributed by atoms with E-state index in [9.17, 15) is 9.59 Å². The lowest BCUT2D eigenvalue weighted by Gasteiger charge is -2.53. The molecule has 236 valence electrons. The third-order valence-corrected chi connectivity index (χ3v) is 9.90. The van der Waals surface area contributed by atoms with Crippen LogP contribution in [0, 0.1) is 17.8 Å². The molecule has 0 aromatic heterocycles. The summed E-state index contributed by atoms with van der Waals surface area (Å²) in [6.07, 6.45) is 0.952. The van der Waals surface area contributed by atoms with Crippen molar-refractivity contribution in [2.75, 3.05) is 55.7 Å². The lowest BCUT2D eigenvalue weighted by molar-refractivity contribution is -0.174. The van der Waals surface area contributed by atoms with Gasteiger partial charge < -0.3 is 33.2 Å². The molecule has 2 aromatic rings. The molecule has 1 unspecified atom stereocenters. The topological polar surface area (TPSA) is 114 Å². The van der Waals surface area contributed by atoms with Crippen molar-refractivity contribution in [3.05, 3.63) is 41.5 Å². The van der Waals surface area contributed by atoms with Gasteiger partial charge in [0.15, 0.2) is 11.5 Å². The zero-order chi connectivity index (χ0) is 31.1. The van der Waals surface area contributed by atoms with Crippen LogP contribution in [0.15, 0.2) is 35.3 Å². The molecule has 0 amide bonds. The van der Waals surface area contributed by atoms with Gasteiger partial charge >= 0.3 is 11.9 Å². The minimum absolute atomic E-state index is 0.0236. The number of carbonyl (C=O) groups is 2. The van der Waals surface area contributed by atoms with Crippen LogP contribution >= 0.6 is 0 Å². The zero-order valence-corrected chi connectivity index (χ0v) is 26.0. The quantitative estimate of drug-likeness (QED) is 0.407. The number of hydrogen-bond acceptors (Lipinski definition) is 11. The van der Waals surface area contributed by atoms with Crippen molar-refractivity contribution in [1.82, 2.24) is 4.90 Å². The molecule has 1 aliphatic carbocycles. The van der Waals surface area contributed by atoms with Crippen LogP contribution in [0.2, 0.25) is 0 Å². The van der Waals surface area contributed by atoms with Crippen molar-refractivity contribution >= 4 is 23.3 Å². The van der Waals surface area contributed by atoms with Crippen LogP contribution in [-0.2, 0) is 19.0 Å². The SMILES string of the molecule is COC(=O)[C@H]1[C@H]2C[C@@H]3C4=Nc5cc(OC)ccc5C4CCN3C[C@H]2C[C@@H](OC(=O)c2cc(OC)c(OC)c(OC)c2)[C@@H]1OC. The number of piperidine rings is 2. The highest BCUT2D eigenvalue weighted by Gasteiger charge is 2.55. The van der Waals surface area contributed by atoms with Crippen LogP contribution in [0.3, 0.4) is 0 Å². The van der Waals surface area contributed by atoms with Gasteiger partial charge in [-0.2, -0.15) is 0 Å². The zero-order valence-electron chi connectivity index (χ0n) is 26.0. The number of carbonyl (C=O) groups excluding carboxylic acids is 2. The summed E-state index contributed by atoms with van der Waals surface area (Å²) in [4.78, 5) is 34.6. The number of benzene rings is 2. The maximum atomic E-state index is 13.5. The molecule has 11 heteroatoms. The van der Waals surface area contributed by atoms with Crippen molar-refractivity contribution in [2.24, 2.45) is 22.7 Å². The largest absolute Gasteiger partial charge is 0.497 e. The highest BCUT2D eigenvalue weighted by molar-refractivity contribution is 6.02. The predicted octanol–water partition coefficient (Wildman–Crippen LogP) is 4.03. The van der Waals surface area contributed by atoms with Crippen LogP contribution in [0.1, 0.15) is 41.1 Å². The summed E-state index contributed by atoms with van der Waals surface area (Å²) in [6.45, 7) is 1.69. The summed E-state index contributed by atoms with van der Waals surface area (Å²) in [5, 5.41) is 0. The first-order chi connectivity index (χ1) is 21.3. The van der Waals surface area contributed by atoms with E-state index < -0.39 is 24.1 Å². The van der Waals surface area contributed by atoms with Crippen LogP contribution in [0.25, 0.3) is 0 Å². The number of esters is 2. The van der Waals surface area contributed by atoms with Gasteiger partial charge in [0.1, 0.15) is 18.0 Å². The molecule has 3 aliphatic heterocycles. The summed E-state index contributed by atoms with van der Waals surface area (Å²) in [5.41, 5.74) is 3.61. The van der Waals surface area contributed by atoms with E-state index in [1.165, 1.54) is 34.0 Å². The lowest BCUT2D eigenvalue weighted by Crippen LogP contribution is -2.62. The van der Waals surface area contributed by atoms with E-state index in [1.54, 1.807) is 26.4 Å². The number of rotatable bonds is 8. The fraction of sp³-hybridized carbons (Fsp3) is 0.545. The molecule has 7 atom stereocenters. The number of methoxy groups -OCH3 is 6. The van der Waals surface area contributed by atoms with Crippen molar-refractivity contribution < 1.29 is 42.7 Å². The second kappa shape index (κ2) is 12.3. The molecule has 0 N–H and O–H groups in total. The monoisotopic (exact) mass is 608 g/mol. The van der Waals surface area contributed by atoms with Crippen LogP contribution in [0.5, 0.6) is 23.0 Å². The Labute approximate surface area is 257 Å². The fourth-order valence-corrected chi connectivity index (χ4v) is 7.90. The first kappa shape index (κ1) is 30.2. The number of nitrogens with zero attached hydrogens (tertiary/aromatic N) is 2. The summed E-state index contributed by atoms with van der Waals surface area (Å²) in [5.74, 6) is 0.662. The molecule has 1 saturated carbocycles. The summed E-state index contributed by atoms with van der Waals surface area (Å²) in [7, 11) is 9.09. The number of hydrogen-bond donors (Lipinski definition) is 0. The molecule has 6 rings (SSSR count). The van der Waals surface area contributed by atoms with Gasteiger partial charge in [0.2, 0.25) is 5.75 Å². The van der Waals surface area contributed by atoms with Crippen molar-refractivity contribution in [1.29, 1.82) is 0 Å². The molecule has 3 fully saturated rings. The van der Waals surface area contributed by atoms with Gasteiger partial charge in [-0.1, -0.05) is 6.07 Å². The smallest absolute Gasteiger partial charge is 0.338 e. The molecular formula is C33H40N2O9. The van der Waals surface area contributed by atoms with E-state index in [-0.39, 0.29) is 35.3 Å². The minimum atomic E-state index is -0.674. The lowest BCUT2D eigenvalue weighted by atomic mass is 9.63. The first-order valence-corrected chi connectivity index (χ1v) is 15.0. The van der Waals surface area contributed by atoms with Gasteiger partial charge in [0, 0.05) is 37.4 Å². The third-order valence-electron chi connectivity index (χ3n) is 9.90. The number of ether oxygens (including phenoxy) is 7. The van der Waals surface area contributed by atoms with Crippen molar-refractivity contribution in [2.45, 2.75) is 43.4 Å². The van der Waals surface area contributed by atoms with Gasteiger partial charge in [-0.05, 0) is 61.4 Å². The van der Waals surface area contributed by atoms with Crippen molar-refractivity contribution in [3.63, 3.8) is 0 Å². The van der Waals surface area contributed by atoms with Gasteiger partial charge in [-0.25, -0.2) is 4.79 Å². The summed E-state index contributed by atoms with van der Waals surface area (Å²) >= 11 is 0. The van der Waals surface area contributed by atoms with Gasteiger partial charge in [-0.3, -0.25) is 14.7 Å². The molecule has 0 spiro atoms. The molecule has 0 radical (unpaired) electrons. The van der Waals surface area contributed by atoms with Gasteiger partial charge in [-0.15, -0.1) is 0 Å². The van der Waals surface area contributed by atoms with Crippen molar-refractivity contribution in [3.8, 4) is 23.0 Å². The Bertz CT molecular complexity index is 1430. The normalized spacial score (nSPS) is 28.8. The molecule has 11 nitrogen and oxygen atoms in total. The highest BCUT2D eigenvalue weighted by atomic mass is 16.6. The Morgan fingerprint density at radius 3 is 2.30 bits per heavy atom. The Balaban J connectivity index is 1.27. The average Bonchev–Trinajstić information content (AvgIpc) is 3.43. The predicted molar refractivity (Wildman–Crippen MR) is 161 cm³/mol. The molecule has 3 heterocycles. The van der Waals surface area contributed by atoms with E-state index >= 15 is 0 Å².